The van der Waals surface area contributed by atoms with Crippen LogP contribution >= 0.6 is 11.8 Å². The number of hydrogen-bond donors (Lipinski definition) is 0. The lowest BCUT2D eigenvalue weighted by Crippen LogP contribution is -2.02. The van der Waals surface area contributed by atoms with E-state index >= 15 is 0 Å². The number of thioether (sulfide) groups is 1. The predicted molar refractivity (Wildman–Crippen MR) is 73.1 cm³/mol. The molecule has 1 aromatic heterocycles. The van der Waals surface area contributed by atoms with Gasteiger partial charge in [-0.3, -0.25) is 0 Å². The number of aryl methyl sites for hydroxylation is 1. The molecular weight excluding hydrogens is 260 g/mol. The van der Waals surface area contributed by atoms with Crippen LogP contribution in [0.5, 0.6) is 5.75 Å². The van der Waals surface area contributed by atoms with Crippen molar-refractivity contribution in [2.45, 2.75) is 12.1 Å². The number of hydrogen-bond acceptors (Lipinski definition) is 5. The Morgan fingerprint density at radius 2 is 2.26 bits per heavy atom. The summed E-state index contributed by atoms with van der Waals surface area (Å²) in [6, 6.07) is 9.23. The van der Waals surface area contributed by atoms with Gasteiger partial charge in [-0.1, -0.05) is 17.8 Å². The monoisotopic (exact) mass is 274 g/mol. The normalized spacial score (nSPS) is 10.2. The Hall–Kier alpha value is -2.00. The summed E-state index contributed by atoms with van der Waals surface area (Å²) in [5, 5.41) is 17.7. The quantitative estimate of drug-likeness (QED) is 0.617. The minimum absolute atomic E-state index is 0.561. The second-order valence-electron chi connectivity index (χ2n) is 3.93. The number of nitriles is 1. The third-order valence-corrected chi connectivity index (χ3v) is 3.58. The molecule has 0 atom stereocenters. The summed E-state index contributed by atoms with van der Waals surface area (Å²) in [6.07, 6.45) is 0. The largest absolute Gasteiger partial charge is 0.493 e. The third kappa shape index (κ3) is 3.48. The van der Waals surface area contributed by atoms with Crippen LogP contribution in [0.25, 0.3) is 0 Å². The van der Waals surface area contributed by atoms with Gasteiger partial charge in [0.05, 0.1) is 18.2 Å². The molecule has 0 aliphatic rings. The van der Waals surface area contributed by atoms with Gasteiger partial charge in [-0.15, -0.1) is 10.2 Å². The van der Waals surface area contributed by atoms with Gasteiger partial charge in [-0.2, -0.15) is 5.26 Å². The van der Waals surface area contributed by atoms with Gasteiger partial charge in [0.2, 0.25) is 0 Å². The molecule has 0 fully saturated rings. The van der Waals surface area contributed by atoms with Crippen LogP contribution in [0.4, 0.5) is 0 Å². The maximum absolute atomic E-state index is 8.79. The summed E-state index contributed by atoms with van der Waals surface area (Å²) in [5.74, 6) is 2.39. The number of nitrogens with zero attached hydrogens (tertiary/aromatic N) is 4. The van der Waals surface area contributed by atoms with Crippen LogP contribution in [-0.4, -0.2) is 27.1 Å². The minimum atomic E-state index is 0.561. The molecule has 2 rings (SSSR count). The van der Waals surface area contributed by atoms with E-state index in [1.54, 1.807) is 23.9 Å². The van der Waals surface area contributed by atoms with Crippen molar-refractivity contribution in [2.24, 2.45) is 7.05 Å². The zero-order chi connectivity index (χ0) is 13.7. The topological polar surface area (TPSA) is 63.7 Å². The first-order chi connectivity index (χ1) is 9.20. The summed E-state index contributed by atoms with van der Waals surface area (Å²) in [4.78, 5) is 0. The number of benzene rings is 1. The Labute approximate surface area is 116 Å². The SMILES string of the molecule is Cc1nnc(SCCOc2cccc(C#N)c2)n1C. The lowest BCUT2D eigenvalue weighted by atomic mass is 10.2. The molecule has 0 saturated heterocycles. The summed E-state index contributed by atoms with van der Waals surface area (Å²) in [7, 11) is 1.94. The Kier molecular flexibility index (Phi) is 4.42. The van der Waals surface area contributed by atoms with Gasteiger partial charge in [0.15, 0.2) is 5.16 Å². The van der Waals surface area contributed by atoms with Crippen LogP contribution in [0.2, 0.25) is 0 Å². The first kappa shape index (κ1) is 13.4. The predicted octanol–water partition coefficient (Wildman–Crippen LogP) is 2.17. The van der Waals surface area contributed by atoms with E-state index in [0.29, 0.717) is 17.9 Å². The van der Waals surface area contributed by atoms with Crippen LogP contribution in [0.3, 0.4) is 0 Å². The maximum Gasteiger partial charge on any atom is 0.191 e. The molecule has 0 spiro atoms. The van der Waals surface area contributed by atoms with Gasteiger partial charge in [0.1, 0.15) is 11.6 Å². The first-order valence-electron chi connectivity index (χ1n) is 5.82. The minimum Gasteiger partial charge on any atom is -0.493 e. The van der Waals surface area contributed by atoms with Crippen molar-refractivity contribution in [3.05, 3.63) is 35.7 Å². The van der Waals surface area contributed by atoms with Gasteiger partial charge >= 0.3 is 0 Å². The highest BCUT2D eigenvalue weighted by atomic mass is 32.2. The van der Waals surface area contributed by atoms with Crippen LogP contribution in [0, 0.1) is 18.3 Å². The van der Waals surface area contributed by atoms with Crippen LogP contribution in [0.1, 0.15) is 11.4 Å². The Balaban J connectivity index is 1.81. The number of aromatic nitrogens is 3. The third-order valence-electron chi connectivity index (χ3n) is 2.60. The van der Waals surface area contributed by atoms with Gasteiger partial charge in [-0.25, -0.2) is 0 Å². The number of rotatable bonds is 5. The fourth-order valence-corrected chi connectivity index (χ4v) is 2.23. The molecule has 5 nitrogen and oxygen atoms in total. The molecule has 0 saturated carbocycles. The van der Waals surface area contributed by atoms with E-state index in [1.165, 1.54) is 0 Å². The Morgan fingerprint density at radius 3 is 2.95 bits per heavy atom. The van der Waals surface area contributed by atoms with Crippen LogP contribution < -0.4 is 4.74 Å². The van der Waals surface area contributed by atoms with Crippen molar-refractivity contribution in [1.29, 1.82) is 5.26 Å². The molecule has 0 N–H and O–H groups in total. The molecule has 0 aliphatic carbocycles. The smallest absolute Gasteiger partial charge is 0.191 e. The summed E-state index contributed by atoms with van der Waals surface area (Å²) in [5.41, 5.74) is 0.606. The van der Waals surface area contributed by atoms with E-state index in [2.05, 4.69) is 16.3 Å². The molecular formula is C13H14N4OS. The van der Waals surface area contributed by atoms with Crippen LogP contribution in [-0.2, 0) is 7.05 Å². The lowest BCUT2D eigenvalue weighted by Gasteiger charge is -2.06. The van der Waals surface area contributed by atoms with Gasteiger partial charge in [0.25, 0.3) is 0 Å². The first-order valence-corrected chi connectivity index (χ1v) is 6.81. The average molecular weight is 274 g/mol. The molecule has 0 radical (unpaired) electrons. The second kappa shape index (κ2) is 6.25. The number of ether oxygens (including phenoxy) is 1. The van der Waals surface area contributed by atoms with Gasteiger partial charge < -0.3 is 9.30 Å². The van der Waals surface area contributed by atoms with Crippen molar-refractivity contribution in [3.8, 4) is 11.8 Å². The highest BCUT2D eigenvalue weighted by Crippen LogP contribution is 2.16. The Morgan fingerprint density at radius 1 is 1.42 bits per heavy atom. The fraction of sp³-hybridized carbons (Fsp3) is 0.308. The van der Waals surface area contributed by atoms with Crippen molar-refractivity contribution < 1.29 is 4.74 Å². The summed E-state index contributed by atoms with van der Waals surface area (Å²) < 4.78 is 7.53. The zero-order valence-electron chi connectivity index (χ0n) is 10.8. The molecule has 0 unspecified atom stereocenters. The highest BCUT2D eigenvalue weighted by Gasteiger charge is 2.05. The summed E-state index contributed by atoms with van der Waals surface area (Å²) in [6.45, 7) is 2.48. The Bertz CT molecular complexity index is 603. The van der Waals surface area contributed by atoms with Crippen molar-refractivity contribution in [3.63, 3.8) is 0 Å². The molecule has 0 aliphatic heterocycles. The van der Waals surface area contributed by atoms with Crippen molar-refractivity contribution in [1.82, 2.24) is 14.8 Å². The van der Waals surface area contributed by atoms with Gasteiger partial charge in [0, 0.05) is 12.8 Å². The van der Waals surface area contributed by atoms with E-state index in [4.69, 9.17) is 10.00 Å². The van der Waals surface area contributed by atoms with E-state index in [-0.39, 0.29) is 0 Å². The molecule has 98 valence electrons. The molecule has 1 heterocycles. The average Bonchev–Trinajstić information content (AvgIpc) is 2.75. The van der Waals surface area contributed by atoms with Gasteiger partial charge in [-0.05, 0) is 25.1 Å². The highest BCUT2D eigenvalue weighted by molar-refractivity contribution is 7.99. The molecule has 0 bridgehead atoms. The molecule has 6 heteroatoms. The molecule has 2 aromatic rings. The second-order valence-corrected chi connectivity index (χ2v) is 4.99. The summed E-state index contributed by atoms with van der Waals surface area (Å²) >= 11 is 1.60. The van der Waals surface area contributed by atoms with Crippen molar-refractivity contribution >= 4 is 11.8 Å². The fourth-order valence-electron chi connectivity index (χ4n) is 1.46. The molecule has 0 amide bonds. The molecule has 1 aromatic carbocycles. The van der Waals surface area contributed by atoms with Crippen LogP contribution in [0.15, 0.2) is 29.4 Å². The standard InChI is InChI=1S/C13H14N4OS/c1-10-15-16-13(17(10)2)19-7-6-18-12-5-3-4-11(8-12)9-14/h3-5,8H,6-7H2,1-2H3. The van der Waals surface area contributed by atoms with E-state index < -0.39 is 0 Å². The lowest BCUT2D eigenvalue weighted by molar-refractivity contribution is 0.343. The maximum atomic E-state index is 8.79. The zero-order valence-corrected chi connectivity index (χ0v) is 11.6. The van der Waals surface area contributed by atoms with Crippen molar-refractivity contribution in [2.75, 3.05) is 12.4 Å². The van der Waals surface area contributed by atoms with E-state index in [1.807, 2.05) is 30.7 Å². The van der Waals surface area contributed by atoms with E-state index in [9.17, 15) is 0 Å². The van der Waals surface area contributed by atoms with E-state index in [0.717, 1.165) is 16.7 Å². The molecule has 19 heavy (non-hydrogen) atoms.